The fraction of sp³-hybridized carbons (Fsp3) is 0.556. The molecule has 0 radical (unpaired) electrons. The first-order chi connectivity index (χ1) is 27.9. The van der Waals surface area contributed by atoms with Crippen molar-refractivity contribution < 1.29 is 68.4 Å². The van der Waals surface area contributed by atoms with E-state index in [1.807, 2.05) is 0 Å². The van der Waals surface area contributed by atoms with E-state index in [0.29, 0.717) is 5.56 Å². The molecule has 24 heteroatoms. The number of benzene rings is 1. The standard InChI is InChI=1S/C36H56N10O14/c1-15(2)27(36(59)60)46-34(57)23(11-20-7-9-21(49)10-8-20)43-33(56)24(12-26(38)50)44-35(58)25(14-48)45-31(54)19(6)41-29(52)17(4)39-28(51)16(3)40-30(53)18(5)42-32(55)22(37)13-47/h7-10,15-19,22-25,27,47-49H,11-14,37H2,1-6H3,(H2,38,50)(H,39,51)(H,40,53)(H,41,52)(H,42,55)(H,43,56)(H,44,58)(H,45,54)(H,46,57)(H,59,60)/t16-,17-,18-,19-,22-,23-,24-,25-,27-/m0/s1. The Morgan fingerprint density at radius 3 is 1.32 bits per heavy atom. The number of aromatic hydroxyl groups is 1. The summed E-state index contributed by atoms with van der Waals surface area (Å²) in [5.74, 6) is -10.7. The number of hydrogen-bond donors (Lipinski definition) is 14. The molecule has 0 heterocycles. The topological polar surface area (TPSA) is 400 Å². The lowest BCUT2D eigenvalue weighted by atomic mass is 10.0. The first-order valence-electron chi connectivity index (χ1n) is 18.6. The molecule has 24 nitrogen and oxygen atoms in total. The maximum absolute atomic E-state index is 13.5. The summed E-state index contributed by atoms with van der Waals surface area (Å²) >= 11 is 0. The second-order valence-electron chi connectivity index (χ2n) is 14.2. The Labute approximate surface area is 344 Å². The fourth-order valence-corrected chi connectivity index (χ4v) is 4.97. The van der Waals surface area contributed by atoms with Crippen LogP contribution in [0.25, 0.3) is 0 Å². The lowest BCUT2D eigenvalue weighted by Gasteiger charge is -2.26. The molecule has 1 aromatic carbocycles. The van der Waals surface area contributed by atoms with E-state index in [-0.39, 0.29) is 12.2 Å². The van der Waals surface area contributed by atoms with Crippen molar-refractivity contribution in [3.05, 3.63) is 29.8 Å². The molecule has 1 aromatic rings. The van der Waals surface area contributed by atoms with E-state index in [0.717, 1.165) is 0 Å². The van der Waals surface area contributed by atoms with Crippen LogP contribution in [-0.4, -0.2) is 147 Å². The van der Waals surface area contributed by atoms with Crippen molar-refractivity contribution in [1.82, 2.24) is 42.5 Å². The van der Waals surface area contributed by atoms with Crippen LogP contribution in [0.2, 0.25) is 0 Å². The predicted molar refractivity (Wildman–Crippen MR) is 208 cm³/mol. The van der Waals surface area contributed by atoms with Gasteiger partial charge in [0.2, 0.25) is 53.2 Å². The van der Waals surface area contributed by atoms with Crippen LogP contribution in [0.5, 0.6) is 5.75 Å². The number of rotatable bonds is 24. The third kappa shape index (κ3) is 17.2. The van der Waals surface area contributed by atoms with Crippen LogP contribution in [0, 0.1) is 5.92 Å². The summed E-state index contributed by atoms with van der Waals surface area (Å²) in [6.07, 6.45) is -1.06. The van der Waals surface area contributed by atoms with E-state index in [1.165, 1.54) is 65.8 Å². The van der Waals surface area contributed by atoms with Crippen molar-refractivity contribution in [2.24, 2.45) is 17.4 Å². The molecule has 60 heavy (non-hydrogen) atoms. The van der Waals surface area contributed by atoms with Crippen molar-refractivity contribution in [3.63, 3.8) is 0 Å². The summed E-state index contributed by atoms with van der Waals surface area (Å²) in [4.78, 5) is 126. The van der Waals surface area contributed by atoms with Crippen molar-refractivity contribution >= 4 is 59.1 Å². The molecule has 0 aliphatic carbocycles. The van der Waals surface area contributed by atoms with Crippen LogP contribution < -0.4 is 54.0 Å². The number of carbonyl (C=O) groups excluding carboxylic acids is 9. The minimum absolute atomic E-state index is 0.0997. The molecule has 0 unspecified atom stereocenters. The van der Waals surface area contributed by atoms with E-state index in [9.17, 15) is 63.3 Å². The number of aliphatic hydroxyl groups is 2. The van der Waals surface area contributed by atoms with Crippen LogP contribution in [0.1, 0.15) is 53.5 Å². The highest BCUT2D eigenvalue weighted by Gasteiger charge is 2.34. The predicted octanol–water partition coefficient (Wildman–Crippen LogP) is -6.18. The number of nitrogens with one attached hydrogen (secondary N) is 8. The van der Waals surface area contributed by atoms with E-state index >= 15 is 0 Å². The number of amides is 9. The maximum atomic E-state index is 13.5. The molecule has 0 aromatic heterocycles. The second kappa shape index (κ2) is 24.5. The first-order valence-corrected chi connectivity index (χ1v) is 18.6. The van der Waals surface area contributed by atoms with Crippen molar-refractivity contribution in [1.29, 1.82) is 0 Å². The number of phenols is 1. The van der Waals surface area contributed by atoms with Crippen molar-refractivity contribution in [2.75, 3.05) is 13.2 Å². The Morgan fingerprint density at radius 1 is 0.533 bits per heavy atom. The molecule has 0 saturated heterocycles. The van der Waals surface area contributed by atoms with E-state index in [4.69, 9.17) is 16.6 Å². The van der Waals surface area contributed by atoms with E-state index < -0.39 is 139 Å². The minimum atomic E-state index is -1.78. The molecule has 0 saturated carbocycles. The molecule has 334 valence electrons. The molecular formula is C36H56N10O14. The highest BCUT2D eigenvalue weighted by molar-refractivity contribution is 5.98. The zero-order valence-electron chi connectivity index (χ0n) is 33.9. The maximum Gasteiger partial charge on any atom is 0.326 e. The Kier molecular flexibility index (Phi) is 21.1. The summed E-state index contributed by atoms with van der Waals surface area (Å²) in [6.45, 7) is 6.42. The zero-order chi connectivity index (χ0) is 46.0. The lowest BCUT2D eigenvalue weighted by molar-refractivity contribution is -0.143. The lowest BCUT2D eigenvalue weighted by Crippen LogP contribution is -2.60. The summed E-state index contributed by atoms with van der Waals surface area (Å²) in [5, 5.41) is 56.4. The summed E-state index contributed by atoms with van der Waals surface area (Å²) in [5.41, 5.74) is 11.1. The van der Waals surface area contributed by atoms with Crippen LogP contribution >= 0.6 is 0 Å². The SMILES string of the molecule is CC(C)[C@H](NC(=O)[C@H](Cc1ccc(O)cc1)NC(=O)[C@H](CC(N)=O)NC(=O)[C@H](CO)NC(=O)[C@H](C)NC(=O)[C@H](C)NC(=O)[C@H](C)NC(=O)[C@H](C)NC(=O)[C@@H](N)CO)C(=O)O. The number of nitrogens with two attached hydrogens (primary N) is 2. The third-order valence-electron chi connectivity index (χ3n) is 8.64. The molecule has 0 aliphatic rings. The van der Waals surface area contributed by atoms with Gasteiger partial charge in [-0.25, -0.2) is 4.79 Å². The van der Waals surface area contributed by atoms with Gasteiger partial charge in [0.05, 0.1) is 19.6 Å². The van der Waals surface area contributed by atoms with E-state index in [1.54, 1.807) is 0 Å². The second-order valence-corrected chi connectivity index (χ2v) is 14.2. The van der Waals surface area contributed by atoms with Crippen LogP contribution in [0.3, 0.4) is 0 Å². The average molecular weight is 853 g/mol. The average Bonchev–Trinajstić information content (AvgIpc) is 3.17. The molecule has 0 spiro atoms. The number of carbonyl (C=O) groups is 10. The quantitative estimate of drug-likeness (QED) is 0.0460. The number of hydrogen-bond acceptors (Lipinski definition) is 14. The highest BCUT2D eigenvalue weighted by atomic mass is 16.4. The van der Waals surface area contributed by atoms with Gasteiger partial charge >= 0.3 is 5.97 Å². The van der Waals surface area contributed by atoms with Gasteiger partial charge in [0, 0.05) is 6.42 Å². The Morgan fingerprint density at radius 2 is 0.917 bits per heavy atom. The molecule has 0 bridgehead atoms. The minimum Gasteiger partial charge on any atom is -0.508 e. The van der Waals surface area contributed by atoms with Crippen molar-refractivity contribution in [2.45, 2.75) is 109 Å². The number of carboxylic acids is 1. The summed E-state index contributed by atoms with van der Waals surface area (Å²) in [7, 11) is 0. The van der Waals surface area contributed by atoms with Crippen molar-refractivity contribution in [3.8, 4) is 5.75 Å². The van der Waals surface area contributed by atoms with Gasteiger partial charge in [-0.2, -0.15) is 0 Å². The highest BCUT2D eigenvalue weighted by Crippen LogP contribution is 2.13. The van der Waals surface area contributed by atoms with E-state index in [2.05, 4.69) is 42.5 Å². The molecular weight excluding hydrogens is 796 g/mol. The monoisotopic (exact) mass is 852 g/mol. The largest absolute Gasteiger partial charge is 0.508 e. The molecule has 16 N–H and O–H groups in total. The molecule has 0 aliphatic heterocycles. The number of aliphatic hydroxyl groups excluding tert-OH is 2. The Bertz CT molecular complexity index is 1730. The molecule has 1 rings (SSSR count). The Hall–Kier alpha value is -6.40. The van der Waals surface area contributed by atoms with Crippen LogP contribution in [-0.2, 0) is 54.4 Å². The number of carboxylic acid groups (broad SMARTS) is 1. The molecule has 9 atom stereocenters. The van der Waals surface area contributed by atoms with Gasteiger partial charge in [-0.05, 0) is 51.3 Å². The third-order valence-corrected chi connectivity index (χ3v) is 8.64. The normalized spacial score (nSPS) is 15.4. The van der Waals surface area contributed by atoms with Crippen LogP contribution in [0.4, 0.5) is 0 Å². The first kappa shape index (κ1) is 51.6. The van der Waals surface area contributed by atoms with Crippen LogP contribution in [0.15, 0.2) is 24.3 Å². The fourth-order valence-electron chi connectivity index (χ4n) is 4.97. The summed E-state index contributed by atoms with van der Waals surface area (Å²) < 4.78 is 0. The van der Waals surface area contributed by atoms with Gasteiger partial charge in [-0.1, -0.05) is 26.0 Å². The van der Waals surface area contributed by atoms with Gasteiger partial charge in [0.15, 0.2) is 0 Å². The Balaban J connectivity index is 2.98. The number of primary amides is 1. The number of phenolic OH excluding ortho intramolecular Hbond substituents is 1. The van der Waals surface area contributed by atoms with Gasteiger partial charge in [0.1, 0.15) is 60.1 Å². The smallest absolute Gasteiger partial charge is 0.326 e. The van der Waals surface area contributed by atoms with Gasteiger partial charge < -0.3 is 74.4 Å². The number of aliphatic carboxylic acids is 1. The molecule has 9 amide bonds. The zero-order valence-corrected chi connectivity index (χ0v) is 33.9. The van der Waals surface area contributed by atoms with Gasteiger partial charge in [0.25, 0.3) is 0 Å². The van der Waals surface area contributed by atoms with Gasteiger partial charge in [-0.15, -0.1) is 0 Å². The summed E-state index contributed by atoms with van der Waals surface area (Å²) in [6, 6.07) is -7.20. The van der Waals surface area contributed by atoms with Gasteiger partial charge in [-0.3, -0.25) is 43.2 Å². The molecule has 0 fully saturated rings.